The number of alkyl halides is 1. The molecule has 0 radical (unpaired) electrons. The van der Waals surface area contributed by atoms with Gasteiger partial charge in [0.2, 0.25) is 11.8 Å². The predicted octanol–water partition coefficient (Wildman–Crippen LogP) is 6.65. The lowest BCUT2D eigenvalue weighted by molar-refractivity contribution is -0.115. The van der Waals surface area contributed by atoms with Crippen LogP contribution in [0.15, 0.2) is 78.0 Å². The first-order valence-electron chi connectivity index (χ1n) is 12.2. The molecule has 5 rings (SSSR count). The van der Waals surface area contributed by atoms with Gasteiger partial charge in [-0.1, -0.05) is 29.4 Å². The highest BCUT2D eigenvalue weighted by Crippen LogP contribution is 2.33. The zero-order chi connectivity index (χ0) is 28.4. The quantitative estimate of drug-likeness (QED) is 0.275. The average molecular weight is 579 g/mol. The van der Waals surface area contributed by atoms with Crippen molar-refractivity contribution in [1.82, 2.24) is 14.8 Å². The third-order valence-corrected chi connectivity index (χ3v) is 6.88. The molecular weight excluding hydrogens is 555 g/mol. The summed E-state index contributed by atoms with van der Waals surface area (Å²) in [4.78, 5) is 35.0. The van der Waals surface area contributed by atoms with E-state index in [4.69, 9.17) is 16.3 Å². The number of anilines is 2. The smallest absolute Gasteiger partial charge is 0.347 e. The minimum absolute atomic E-state index is 0.165. The van der Waals surface area contributed by atoms with E-state index >= 15 is 0 Å². The Hall–Kier alpha value is -4.22. The lowest BCUT2D eigenvalue weighted by Gasteiger charge is -2.17. The van der Waals surface area contributed by atoms with E-state index in [0.29, 0.717) is 28.0 Å². The summed E-state index contributed by atoms with van der Waals surface area (Å²) in [5.41, 5.74) is 3.42. The number of aryl methyl sites for hydroxylation is 1. The molecule has 1 saturated heterocycles. The van der Waals surface area contributed by atoms with Gasteiger partial charge in [0.05, 0.1) is 22.2 Å². The molecule has 9 nitrogen and oxygen atoms in total. The number of nitrogens with one attached hydrogen (secondary N) is 1. The summed E-state index contributed by atoms with van der Waals surface area (Å²) in [7, 11) is 0. The zero-order valence-electron chi connectivity index (χ0n) is 21.8. The highest BCUT2D eigenvalue weighted by Gasteiger charge is 2.31. The molecule has 1 fully saturated rings. The van der Waals surface area contributed by atoms with Crippen molar-refractivity contribution < 1.29 is 18.7 Å². The Morgan fingerprint density at radius 2 is 1.85 bits per heavy atom. The third-order valence-electron chi connectivity index (χ3n) is 5.65. The molecule has 0 atom stereocenters. The number of hydrogen-bond donors (Lipinski definition) is 1. The van der Waals surface area contributed by atoms with Gasteiger partial charge in [-0.15, -0.1) is 5.10 Å². The molecule has 40 heavy (non-hydrogen) atoms. The lowest BCUT2D eigenvalue weighted by Crippen LogP contribution is -2.30. The number of benzene rings is 3. The van der Waals surface area contributed by atoms with Crippen molar-refractivity contribution in [2.45, 2.75) is 26.6 Å². The first kappa shape index (κ1) is 27.4. The number of amides is 3. The largest absolute Gasteiger partial charge is 0.459 e. The Labute approximate surface area is 239 Å². The molecular formula is C28H24ClFN6O3S. The molecule has 1 aromatic heterocycles. The molecule has 0 aliphatic carbocycles. The highest BCUT2D eigenvalue weighted by molar-refractivity contribution is 8.15. The average Bonchev–Trinajstić information content (AvgIpc) is 3.52. The molecule has 3 amide bonds. The summed E-state index contributed by atoms with van der Waals surface area (Å²) in [6, 6.07) is 18.5. The number of carbonyl (C=O) groups excluding carboxylic acids is 2. The maximum atomic E-state index is 13.7. The van der Waals surface area contributed by atoms with Crippen LogP contribution in [0, 0.1) is 6.92 Å². The molecule has 0 spiro atoms. The van der Waals surface area contributed by atoms with Crippen LogP contribution >= 0.6 is 23.4 Å². The van der Waals surface area contributed by atoms with Crippen molar-refractivity contribution in [1.29, 1.82) is 0 Å². The number of hydrogen-bond acceptors (Lipinski definition) is 6. The van der Waals surface area contributed by atoms with E-state index in [-0.39, 0.29) is 16.8 Å². The maximum Gasteiger partial charge on any atom is 0.347 e. The Bertz CT molecular complexity index is 1600. The Balaban J connectivity index is 1.25. The van der Waals surface area contributed by atoms with Crippen molar-refractivity contribution >= 4 is 51.8 Å². The standard InChI is InChI=1S/C28H24ClFN6O3S/c1-17-4-13-23(22(29)14-17)36-24(37)15-40-27(36)33-26(38)32-19-7-5-18(6-8-19)25-31-16-35(34-25)20-9-11-21(12-10-20)39-28(2,3)30/h4-14,16H,15H2,1-3H3,(H,32,38). The van der Waals surface area contributed by atoms with E-state index in [1.54, 1.807) is 71.7 Å². The molecule has 0 saturated carbocycles. The van der Waals surface area contributed by atoms with Crippen molar-refractivity contribution in [2.24, 2.45) is 4.99 Å². The summed E-state index contributed by atoms with van der Waals surface area (Å²) in [5.74, 6) is -0.922. The Morgan fingerprint density at radius 1 is 1.12 bits per heavy atom. The predicted molar refractivity (Wildman–Crippen MR) is 155 cm³/mol. The van der Waals surface area contributed by atoms with Crippen LogP contribution in [0.25, 0.3) is 17.1 Å². The van der Waals surface area contributed by atoms with Gasteiger partial charge in [0.15, 0.2) is 11.0 Å². The number of ether oxygens (including phenoxy) is 1. The second kappa shape index (κ2) is 11.1. The number of urea groups is 1. The number of amidine groups is 1. The molecule has 0 bridgehead atoms. The summed E-state index contributed by atoms with van der Waals surface area (Å²) in [6.45, 7) is 4.57. The molecule has 2 heterocycles. The van der Waals surface area contributed by atoms with Crippen molar-refractivity contribution in [2.75, 3.05) is 16.0 Å². The van der Waals surface area contributed by atoms with Gasteiger partial charge in [0.1, 0.15) is 12.1 Å². The van der Waals surface area contributed by atoms with Crippen LogP contribution in [0.3, 0.4) is 0 Å². The van der Waals surface area contributed by atoms with E-state index in [1.165, 1.54) is 30.5 Å². The van der Waals surface area contributed by atoms with Crippen LogP contribution in [0.2, 0.25) is 5.02 Å². The Kier molecular flexibility index (Phi) is 7.59. The lowest BCUT2D eigenvalue weighted by atomic mass is 10.2. The van der Waals surface area contributed by atoms with E-state index in [9.17, 15) is 14.0 Å². The minimum atomic E-state index is -1.77. The summed E-state index contributed by atoms with van der Waals surface area (Å²) < 4.78 is 20.5. The van der Waals surface area contributed by atoms with Crippen LogP contribution in [-0.2, 0) is 4.79 Å². The van der Waals surface area contributed by atoms with Crippen molar-refractivity contribution in [3.63, 3.8) is 0 Å². The van der Waals surface area contributed by atoms with Gasteiger partial charge in [-0.05, 0) is 73.2 Å². The van der Waals surface area contributed by atoms with Gasteiger partial charge in [0.25, 0.3) is 0 Å². The first-order chi connectivity index (χ1) is 19.1. The molecule has 0 unspecified atom stereocenters. The molecule has 12 heteroatoms. The number of aromatic nitrogens is 3. The fourth-order valence-electron chi connectivity index (χ4n) is 3.88. The molecule has 3 aromatic carbocycles. The van der Waals surface area contributed by atoms with Crippen LogP contribution < -0.4 is 15.0 Å². The highest BCUT2D eigenvalue weighted by atomic mass is 35.5. The summed E-state index contributed by atoms with van der Waals surface area (Å²) in [5, 5.41) is 7.88. The minimum Gasteiger partial charge on any atom is -0.459 e. The zero-order valence-corrected chi connectivity index (χ0v) is 23.3. The molecule has 1 N–H and O–H groups in total. The van der Waals surface area contributed by atoms with Gasteiger partial charge in [-0.25, -0.2) is 14.5 Å². The van der Waals surface area contributed by atoms with Crippen LogP contribution in [0.1, 0.15) is 19.4 Å². The van der Waals surface area contributed by atoms with Gasteiger partial charge in [-0.2, -0.15) is 9.38 Å². The number of rotatable bonds is 6. The Morgan fingerprint density at radius 3 is 2.52 bits per heavy atom. The molecule has 4 aromatic rings. The number of nitrogens with zero attached hydrogens (tertiary/aromatic N) is 5. The summed E-state index contributed by atoms with van der Waals surface area (Å²) in [6.07, 6.45) is 1.57. The van der Waals surface area contributed by atoms with Gasteiger partial charge in [-0.3, -0.25) is 9.69 Å². The fourth-order valence-corrected chi connectivity index (χ4v) is 5.06. The number of aliphatic imine (C=N–C) groups is 1. The van der Waals surface area contributed by atoms with Crippen LogP contribution in [0.4, 0.5) is 20.6 Å². The van der Waals surface area contributed by atoms with Crippen molar-refractivity contribution in [3.05, 3.63) is 83.6 Å². The normalized spacial score (nSPS) is 14.6. The topological polar surface area (TPSA) is 102 Å². The maximum absolute atomic E-state index is 13.7. The number of halogens is 2. The van der Waals surface area contributed by atoms with Crippen LogP contribution in [-0.4, -0.2) is 43.5 Å². The first-order valence-corrected chi connectivity index (χ1v) is 13.5. The number of thioether (sulfide) groups is 1. The van der Waals surface area contributed by atoms with Crippen molar-refractivity contribution in [3.8, 4) is 22.8 Å². The molecule has 204 valence electrons. The molecule has 1 aliphatic rings. The summed E-state index contributed by atoms with van der Waals surface area (Å²) >= 11 is 7.52. The SMILES string of the molecule is Cc1ccc(N2C(=O)CSC2=NC(=O)Nc2ccc(-c3ncn(-c4ccc(OC(C)(C)F)cc4)n3)cc2)c(Cl)c1. The van der Waals surface area contributed by atoms with Crippen LogP contribution in [0.5, 0.6) is 5.75 Å². The van der Waals surface area contributed by atoms with E-state index in [0.717, 1.165) is 16.8 Å². The second-order valence-electron chi connectivity index (χ2n) is 9.35. The van der Waals surface area contributed by atoms with Gasteiger partial charge >= 0.3 is 6.03 Å². The fraction of sp³-hybridized carbons (Fsp3) is 0.179. The van der Waals surface area contributed by atoms with E-state index < -0.39 is 11.9 Å². The molecule has 1 aliphatic heterocycles. The second-order valence-corrected chi connectivity index (χ2v) is 10.7. The monoisotopic (exact) mass is 578 g/mol. The van der Waals surface area contributed by atoms with E-state index in [2.05, 4.69) is 20.4 Å². The van der Waals surface area contributed by atoms with Gasteiger partial charge in [0, 0.05) is 25.1 Å². The number of carbonyl (C=O) groups is 2. The third kappa shape index (κ3) is 6.32. The van der Waals surface area contributed by atoms with Gasteiger partial charge < -0.3 is 10.1 Å². The van der Waals surface area contributed by atoms with E-state index in [1.807, 2.05) is 13.0 Å².